The molecule has 0 spiro atoms. The topological polar surface area (TPSA) is 88.5 Å². The van der Waals surface area contributed by atoms with Gasteiger partial charge in [0.25, 0.3) is 0 Å². The van der Waals surface area contributed by atoms with E-state index in [2.05, 4.69) is 15.0 Å². The lowest BCUT2D eigenvalue weighted by molar-refractivity contribution is -0.117. The average Bonchev–Trinajstić information content (AvgIpc) is 2.37. The van der Waals surface area contributed by atoms with Crippen LogP contribution in [0.2, 0.25) is 0 Å². The van der Waals surface area contributed by atoms with Crippen LogP contribution in [0.15, 0.2) is 0 Å². The summed E-state index contributed by atoms with van der Waals surface area (Å²) < 4.78 is 5.04. The Hall–Kier alpha value is -2.25. The Bertz CT molecular complexity index is 533. The van der Waals surface area contributed by atoms with Crippen molar-refractivity contribution in [3.05, 3.63) is 0 Å². The standard InChI is InChI=1S/C13H21N5O3/c1-7-17(9(4)19)11-14-12(16-13(15-11)21-6)18(8(2)3)10(5)20/h8H,7H2,1-6H3. The van der Waals surface area contributed by atoms with E-state index in [0.29, 0.717) is 6.54 Å². The van der Waals surface area contributed by atoms with Crippen LogP contribution in [0.1, 0.15) is 34.6 Å². The van der Waals surface area contributed by atoms with Crippen LogP contribution < -0.4 is 14.5 Å². The highest BCUT2D eigenvalue weighted by Gasteiger charge is 2.23. The van der Waals surface area contributed by atoms with Crippen LogP contribution in [-0.2, 0) is 9.59 Å². The van der Waals surface area contributed by atoms with Gasteiger partial charge in [-0.3, -0.25) is 19.4 Å². The molecule has 1 aromatic rings. The van der Waals surface area contributed by atoms with E-state index in [1.807, 2.05) is 20.8 Å². The number of carbonyl (C=O) groups excluding carboxylic acids is 2. The first kappa shape index (κ1) is 16.8. The quantitative estimate of drug-likeness (QED) is 0.805. The second kappa shape index (κ2) is 6.96. The number of amides is 2. The van der Waals surface area contributed by atoms with E-state index >= 15 is 0 Å². The average molecular weight is 295 g/mol. The summed E-state index contributed by atoms with van der Waals surface area (Å²) in [4.78, 5) is 38.6. The molecule has 2 amide bonds. The summed E-state index contributed by atoms with van der Waals surface area (Å²) in [6.07, 6.45) is 0. The first-order chi connectivity index (χ1) is 9.81. The number of carbonyl (C=O) groups is 2. The van der Waals surface area contributed by atoms with E-state index in [1.165, 1.54) is 30.8 Å². The fraction of sp³-hybridized carbons (Fsp3) is 0.615. The van der Waals surface area contributed by atoms with Crippen molar-refractivity contribution in [2.24, 2.45) is 0 Å². The lowest BCUT2D eigenvalue weighted by Gasteiger charge is -2.25. The maximum atomic E-state index is 11.8. The van der Waals surface area contributed by atoms with Gasteiger partial charge in [-0.1, -0.05) is 0 Å². The zero-order valence-corrected chi connectivity index (χ0v) is 13.2. The number of anilines is 2. The fourth-order valence-corrected chi connectivity index (χ4v) is 1.90. The smallest absolute Gasteiger partial charge is 0.322 e. The molecule has 0 fully saturated rings. The minimum atomic E-state index is -0.199. The second-order valence-corrected chi connectivity index (χ2v) is 4.67. The van der Waals surface area contributed by atoms with Gasteiger partial charge in [0.2, 0.25) is 23.7 Å². The molecule has 0 N–H and O–H groups in total. The predicted molar refractivity (Wildman–Crippen MR) is 78.4 cm³/mol. The third kappa shape index (κ3) is 3.87. The van der Waals surface area contributed by atoms with Crippen LogP contribution in [0.3, 0.4) is 0 Å². The van der Waals surface area contributed by atoms with Gasteiger partial charge in [0.05, 0.1) is 7.11 Å². The van der Waals surface area contributed by atoms with Crippen molar-refractivity contribution in [2.45, 2.75) is 40.7 Å². The molecule has 8 heteroatoms. The molecule has 0 aliphatic carbocycles. The summed E-state index contributed by atoms with van der Waals surface area (Å²) in [5, 5.41) is 0. The predicted octanol–water partition coefficient (Wildman–Crippen LogP) is 1.01. The molecule has 1 heterocycles. The SMILES string of the molecule is CCN(C(C)=O)c1nc(OC)nc(N(C(C)=O)C(C)C)n1. The van der Waals surface area contributed by atoms with Crippen molar-refractivity contribution in [1.29, 1.82) is 0 Å². The van der Waals surface area contributed by atoms with Crippen LogP contribution in [0.5, 0.6) is 6.01 Å². The molecular formula is C13H21N5O3. The summed E-state index contributed by atoms with van der Waals surface area (Å²) in [5.74, 6) is -0.0662. The minimum Gasteiger partial charge on any atom is -0.467 e. The molecule has 0 saturated carbocycles. The molecule has 0 atom stereocenters. The van der Waals surface area contributed by atoms with Crippen molar-refractivity contribution in [3.63, 3.8) is 0 Å². The van der Waals surface area contributed by atoms with Gasteiger partial charge in [0, 0.05) is 26.4 Å². The van der Waals surface area contributed by atoms with Gasteiger partial charge in [0.15, 0.2) is 0 Å². The number of ether oxygens (including phenoxy) is 1. The van der Waals surface area contributed by atoms with Crippen molar-refractivity contribution in [1.82, 2.24) is 15.0 Å². The molecule has 8 nitrogen and oxygen atoms in total. The van der Waals surface area contributed by atoms with Gasteiger partial charge in [-0.2, -0.15) is 15.0 Å². The largest absolute Gasteiger partial charge is 0.467 e. The molecule has 0 saturated heterocycles. The molecular weight excluding hydrogens is 274 g/mol. The van der Waals surface area contributed by atoms with Gasteiger partial charge >= 0.3 is 6.01 Å². The fourth-order valence-electron chi connectivity index (χ4n) is 1.90. The summed E-state index contributed by atoms with van der Waals surface area (Å²) in [6.45, 7) is 8.76. The number of aromatic nitrogens is 3. The van der Waals surface area contributed by atoms with Gasteiger partial charge < -0.3 is 4.74 Å². The van der Waals surface area contributed by atoms with Gasteiger partial charge in [-0.05, 0) is 20.8 Å². The number of nitrogens with zero attached hydrogens (tertiary/aromatic N) is 5. The first-order valence-electron chi connectivity index (χ1n) is 6.69. The number of hydrogen-bond donors (Lipinski definition) is 0. The monoisotopic (exact) mass is 295 g/mol. The van der Waals surface area contributed by atoms with E-state index in [0.717, 1.165) is 0 Å². The van der Waals surface area contributed by atoms with Crippen LogP contribution >= 0.6 is 0 Å². The van der Waals surface area contributed by atoms with E-state index in [-0.39, 0.29) is 35.8 Å². The van der Waals surface area contributed by atoms with Crippen molar-refractivity contribution in [3.8, 4) is 6.01 Å². The number of hydrogen-bond acceptors (Lipinski definition) is 6. The van der Waals surface area contributed by atoms with Crippen LogP contribution in [0, 0.1) is 0 Å². The minimum absolute atomic E-state index is 0.0570. The third-order valence-electron chi connectivity index (χ3n) is 2.78. The van der Waals surface area contributed by atoms with Crippen LogP contribution in [0.25, 0.3) is 0 Å². The summed E-state index contributed by atoms with van der Waals surface area (Å²) in [6, 6.07) is -0.0727. The molecule has 0 bridgehead atoms. The molecule has 116 valence electrons. The highest BCUT2D eigenvalue weighted by atomic mass is 16.5. The maximum Gasteiger partial charge on any atom is 0.322 e. The highest BCUT2D eigenvalue weighted by Crippen LogP contribution is 2.19. The lowest BCUT2D eigenvalue weighted by Crippen LogP contribution is -2.37. The number of methoxy groups -OCH3 is 1. The normalized spacial score (nSPS) is 10.4. The third-order valence-corrected chi connectivity index (χ3v) is 2.78. The highest BCUT2D eigenvalue weighted by molar-refractivity contribution is 5.91. The molecule has 0 aromatic carbocycles. The van der Waals surface area contributed by atoms with Crippen LogP contribution in [-0.4, -0.2) is 46.5 Å². The molecule has 0 aliphatic heterocycles. The summed E-state index contributed by atoms with van der Waals surface area (Å²) in [5.41, 5.74) is 0. The van der Waals surface area contributed by atoms with E-state index in [9.17, 15) is 9.59 Å². The Morgan fingerprint density at radius 2 is 1.67 bits per heavy atom. The molecule has 1 rings (SSSR count). The Labute approximate surface area is 124 Å². The summed E-state index contributed by atoms with van der Waals surface area (Å²) >= 11 is 0. The number of rotatable bonds is 5. The first-order valence-corrected chi connectivity index (χ1v) is 6.69. The zero-order chi connectivity index (χ0) is 16.2. The Kier molecular flexibility index (Phi) is 5.57. The molecule has 1 aromatic heterocycles. The van der Waals surface area contributed by atoms with Gasteiger partial charge in [0.1, 0.15) is 0 Å². The van der Waals surface area contributed by atoms with Crippen LogP contribution in [0.4, 0.5) is 11.9 Å². The van der Waals surface area contributed by atoms with E-state index in [4.69, 9.17) is 4.74 Å². The molecule has 0 aliphatic rings. The Balaban J connectivity index is 3.40. The lowest BCUT2D eigenvalue weighted by atomic mass is 10.3. The molecule has 0 radical (unpaired) electrons. The maximum absolute atomic E-state index is 11.8. The van der Waals surface area contributed by atoms with Gasteiger partial charge in [-0.15, -0.1) is 0 Å². The summed E-state index contributed by atoms with van der Waals surface area (Å²) in [7, 11) is 1.42. The molecule has 0 unspecified atom stereocenters. The van der Waals surface area contributed by atoms with E-state index in [1.54, 1.807) is 0 Å². The Morgan fingerprint density at radius 3 is 2.05 bits per heavy atom. The van der Waals surface area contributed by atoms with Crippen molar-refractivity contribution >= 4 is 23.7 Å². The second-order valence-electron chi connectivity index (χ2n) is 4.67. The molecule has 21 heavy (non-hydrogen) atoms. The van der Waals surface area contributed by atoms with E-state index < -0.39 is 0 Å². The Morgan fingerprint density at radius 1 is 1.10 bits per heavy atom. The van der Waals surface area contributed by atoms with Gasteiger partial charge in [-0.25, -0.2) is 0 Å². The van der Waals surface area contributed by atoms with Crippen molar-refractivity contribution in [2.75, 3.05) is 23.5 Å². The van der Waals surface area contributed by atoms with Crippen molar-refractivity contribution < 1.29 is 14.3 Å². The zero-order valence-electron chi connectivity index (χ0n) is 13.2.